The third kappa shape index (κ3) is 4.72. The third-order valence-corrected chi connectivity index (χ3v) is 4.98. The first-order chi connectivity index (χ1) is 15.8. The van der Waals surface area contributed by atoms with Gasteiger partial charge in [-0.25, -0.2) is 4.68 Å². The normalized spacial score (nSPS) is 11.3. The van der Waals surface area contributed by atoms with Crippen LogP contribution >= 0.6 is 0 Å². The first-order valence-electron chi connectivity index (χ1n) is 9.92. The summed E-state index contributed by atoms with van der Waals surface area (Å²) in [6.45, 7) is 1.85. The lowest BCUT2D eigenvalue weighted by atomic mass is 10.1. The Kier molecular flexibility index (Phi) is 5.87. The summed E-state index contributed by atoms with van der Waals surface area (Å²) in [6.07, 6.45) is -4.48. The molecule has 0 bridgehead atoms. The van der Waals surface area contributed by atoms with E-state index < -0.39 is 11.7 Å². The van der Waals surface area contributed by atoms with Crippen LogP contribution in [0.25, 0.3) is 17.1 Å². The molecule has 1 N–H and O–H groups in total. The highest BCUT2D eigenvalue weighted by Gasteiger charge is 2.31. The van der Waals surface area contributed by atoms with Gasteiger partial charge in [0.15, 0.2) is 5.82 Å². The Hall–Kier alpha value is -4.14. The van der Waals surface area contributed by atoms with Gasteiger partial charge in [-0.1, -0.05) is 30.3 Å². The lowest BCUT2D eigenvalue weighted by molar-refractivity contribution is -0.137. The molecule has 0 aliphatic carbocycles. The van der Waals surface area contributed by atoms with E-state index in [1.54, 1.807) is 36.4 Å². The van der Waals surface area contributed by atoms with Gasteiger partial charge in [-0.3, -0.25) is 4.79 Å². The van der Waals surface area contributed by atoms with Crippen molar-refractivity contribution in [3.05, 3.63) is 89.5 Å². The van der Waals surface area contributed by atoms with Gasteiger partial charge in [-0.05, 0) is 55.0 Å². The Bertz CT molecular complexity index is 1300. The van der Waals surface area contributed by atoms with Crippen molar-refractivity contribution < 1.29 is 22.7 Å². The van der Waals surface area contributed by atoms with E-state index in [1.165, 1.54) is 23.9 Å². The second-order valence-electron chi connectivity index (χ2n) is 7.23. The molecule has 0 unspecified atom stereocenters. The lowest BCUT2D eigenvalue weighted by Crippen LogP contribution is -2.13. The van der Waals surface area contributed by atoms with E-state index >= 15 is 0 Å². The number of rotatable bonds is 5. The molecular formula is C24H19F3N4O2. The fourth-order valence-corrected chi connectivity index (χ4v) is 3.29. The minimum absolute atomic E-state index is 0.0133. The first-order valence-corrected chi connectivity index (χ1v) is 9.92. The maximum absolute atomic E-state index is 13.2. The predicted octanol–water partition coefficient (Wildman–Crippen LogP) is 5.52. The number of alkyl halides is 3. The number of carbonyl (C=O) groups excluding carboxylic acids is 1. The number of nitrogens with zero attached hydrogens (tertiary/aromatic N) is 3. The molecule has 0 radical (unpaired) electrons. The summed E-state index contributed by atoms with van der Waals surface area (Å²) in [6, 6.07) is 18.8. The quantitative estimate of drug-likeness (QED) is 0.433. The summed E-state index contributed by atoms with van der Waals surface area (Å²) in [5, 5.41) is 7.06. The topological polar surface area (TPSA) is 69.0 Å². The number of benzene rings is 3. The molecule has 4 aromatic rings. The van der Waals surface area contributed by atoms with Gasteiger partial charge in [-0.15, -0.1) is 5.10 Å². The zero-order valence-corrected chi connectivity index (χ0v) is 17.7. The number of aryl methyl sites for hydroxylation is 1. The fourth-order valence-electron chi connectivity index (χ4n) is 3.29. The van der Waals surface area contributed by atoms with Gasteiger partial charge in [-0.2, -0.15) is 18.2 Å². The molecule has 1 amide bonds. The average Bonchev–Trinajstić information content (AvgIpc) is 3.24. The second-order valence-corrected chi connectivity index (χ2v) is 7.23. The molecule has 0 aliphatic rings. The highest BCUT2D eigenvalue weighted by Crippen LogP contribution is 2.33. The molecule has 0 saturated heterocycles. The van der Waals surface area contributed by atoms with Crippen LogP contribution in [0, 0.1) is 6.92 Å². The third-order valence-electron chi connectivity index (χ3n) is 4.98. The van der Waals surface area contributed by atoms with Crippen LogP contribution in [-0.2, 0) is 6.18 Å². The Morgan fingerprint density at radius 1 is 1.00 bits per heavy atom. The van der Waals surface area contributed by atoms with Crippen LogP contribution in [0.3, 0.4) is 0 Å². The van der Waals surface area contributed by atoms with E-state index in [2.05, 4.69) is 15.4 Å². The summed E-state index contributed by atoms with van der Waals surface area (Å²) < 4.78 is 46.0. The van der Waals surface area contributed by atoms with Crippen LogP contribution in [0.4, 0.5) is 18.9 Å². The Morgan fingerprint density at radius 3 is 2.39 bits per heavy atom. The maximum atomic E-state index is 13.2. The molecule has 0 spiro atoms. The van der Waals surface area contributed by atoms with Gasteiger partial charge < -0.3 is 10.1 Å². The molecule has 33 heavy (non-hydrogen) atoms. The first kappa shape index (κ1) is 22.1. The van der Waals surface area contributed by atoms with Crippen molar-refractivity contribution in [1.82, 2.24) is 14.8 Å². The number of halogens is 3. The van der Waals surface area contributed by atoms with Gasteiger partial charge in [0.2, 0.25) is 0 Å². The number of hydrogen-bond donors (Lipinski definition) is 1. The van der Waals surface area contributed by atoms with E-state index in [9.17, 15) is 18.0 Å². The average molecular weight is 452 g/mol. The smallest absolute Gasteiger partial charge is 0.416 e. The number of ether oxygens (including phenoxy) is 1. The molecule has 6 nitrogen and oxygen atoms in total. The van der Waals surface area contributed by atoms with Gasteiger partial charge in [0.05, 0.1) is 18.4 Å². The number of methoxy groups -OCH3 is 1. The van der Waals surface area contributed by atoms with E-state index in [4.69, 9.17) is 4.74 Å². The monoisotopic (exact) mass is 452 g/mol. The van der Waals surface area contributed by atoms with Crippen molar-refractivity contribution in [2.45, 2.75) is 13.1 Å². The summed E-state index contributed by atoms with van der Waals surface area (Å²) in [5.74, 6) is -0.0532. The molecular weight excluding hydrogens is 433 g/mol. The molecule has 1 heterocycles. The molecule has 168 valence electrons. The Balaban J connectivity index is 1.64. The molecule has 0 aliphatic heterocycles. The summed E-state index contributed by atoms with van der Waals surface area (Å²) in [7, 11) is 1.37. The highest BCUT2D eigenvalue weighted by molar-refractivity contribution is 6.05. The zero-order valence-electron chi connectivity index (χ0n) is 17.7. The van der Waals surface area contributed by atoms with Crippen LogP contribution in [0.15, 0.2) is 72.8 Å². The fraction of sp³-hybridized carbons (Fsp3) is 0.125. The van der Waals surface area contributed by atoms with Gasteiger partial charge in [0.1, 0.15) is 0 Å². The van der Waals surface area contributed by atoms with Crippen molar-refractivity contribution in [3.8, 4) is 23.1 Å². The van der Waals surface area contributed by atoms with Gasteiger partial charge >= 0.3 is 12.2 Å². The second kappa shape index (κ2) is 8.78. The van der Waals surface area contributed by atoms with E-state index in [1.807, 2.05) is 19.1 Å². The number of hydrogen-bond acceptors (Lipinski definition) is 4. The van der Waals surface area contributed by atoms with Crippen molar-refractivity contribution in [3.63, 3.8) is 0 Å². The minimum Gasteiger partial charge on any atom is -0.466 e. The van der Waals surface area contributed by atoms with Crippen LogP contribution in [0.1, 0.15) is 21.5 Å². The SMILES string of the molecule is COc1nc(-c2cccc(C(F)(F)F)c2)n(-c2ccc(NC(=O)c3ccccc3C)cc2)n1. The van der Waals surface area contributed by atoms with Crippen molar-refractivity contribution in [1.29, 1.82) is 0 Å². The minimum atomic E-state index is -4.48. The lowest BCUT2D eigenvalue weighted by Gasteiger charge is -2.11. The molecule has 3 aromatic carbocycles. The summed E-state index contributed by atoms with van der Waals surface area (Å²) in [5.41, 5.74) is 1.95. The highest BCUT2D eigenvalue weighted by atomic mass is 19.4. The summed E-state index contributed by atoms with van der Waals surface area (Å²) in [4.78, 5) is 16.7. The largest absolute Gasteiger partial charge is 0.466 e. The van der Waals surface area contributed by atoms with E-state index in [-0.39, 0.29) is 23.3 Å². The molecule has 9 heteroatoms. The Morgan fingerprint density at radius 2 is 1.73 bits per heavy atom. The molecule has 4 rings (SSSR count). The molecule has 0 saturated carbocycles. The number of amides is 1. The number of aromatic nitrogens is 3. The van der Waals surface area contributed by atoms with Crippen molar-refractivity contribution in [2.75, 3.05) is 12.4 Å². The van der Waals surface area contributed by atoms with Crippen LogP contribution in [0.2, 0.25) is 0 Å². The standard InChI is InChI=1S/C24H19F3N4O2/c1-15-6-3-4-9-20(15)22(32)28-18-10-12-19(13-11-18)31-21(29-23(30-31)33-2)16-7-5-8-17(14-16)24(25,26)27/h3-14H,1-2H3,(H,28,32). The number of anilines is 1. The van der Waals surface area contributed by atoms with Crippen molar-refractivity contribution >= 4 is 11.6 Å². The van der Waals surface area contributed by atoms with Crippen molar-refractivity contribution in [2.24, 2.45) is 0 Å². The molecule has 0 atom stereocenters. The van der Waals surface area contributed by atoms with Gasteiger partial charge in [0, 0.05) is 16.8 Å². The Labute approximate surface area is 187 Å². The predicted molar refractivity (Wildman–Crippen MR) is 117 cm³/mol. The zero-order chi connectivity index (χ0) is 23.6. The number of carbonyl (C=O) groups is 1. The maximum Gasteiger partial charge on any atom is 0.416 e. The van der Waals surface area contributed by atoms with Crippen LogP contribution < -0.4 is 10.1 Å². The van der Waals surface area contributed by atoms with Crippen LogP contribution in [0.5, 0.6) is 6.01 Å². The van der Waals surface area contributed by atoms with Crippen LogP contribution in [-0.4, -0.2) is 27.8 Å². The molecule has 0 fully saturated rings. The van der Waals surface area contributed by atoms with Gasteiger partial charge in [0.25, 0.3) is 5.91 Å². The summed E-state index contributed by atoms with van der Waals surface area (Å²) >= 11 is 0. The number of nitrogens with one attached hydrogen (secondary N) is 1. The van der Waals surface area contributed by atoms with E-state index in [0.29, 0.717) is 16.9 Å². The van der Waals surface area contributed by atoms with E-state index in [0.717, 1.165) is 17.7 Å². The molecule has 1 aromatic heterocycles.